The normalized spacial score (nSPS) is 12.8. The van der Waals surface area contributed by atoms with Gasteiger partial charge in [0.05, 0.1) is 18.7 Å². The van der Waals surface area contributed by atoms with Crippen molar-refractivity contribution < 1.29 is 42.5 Å². The Labute approximate surface area is 275 Å². The molecule has 3 aromatic carbocycles. The molecule has 0 radical (unpaired) electrons. The van der Waals surface area contributed by atoms with E-state index in [0.29, 0.717) is 72.7 Å². The molecule has 1 aliphatic rings. The number of nitrogens with zero attached hydrogens (tertiary/aromatic N) is 1. The summed E-state index contributed by atoms with van der Waals surface area (Å²) in [6.45, 7) is 2.47. The molecule has 236 valence electrons. The number of amides is 2. The maximum absolute atomic E-state index is 15.2. The van der Waals surface area contributed by atoms with Crippen molar-refractivity contribution in [2.24, 2.45) is 5.41 Å². The van der Waals surface area contributed by atoms with Gasteiger partial charge in [0.15, 0.2) is 23.1 Å². The zero-order valence-electron chi connectivity index (χ0n) is 24.4. The van der Waals surface area contributed by atoms with Crippen LogP contribution in [0.25, 0.3) is 10.9 Å². The van der Waals surface area contributed by atoms with Crippen molar-refractivity contribution in [2.45, 2.75) is 39.0 Å². The van der Waals surface area contributed by atoms with Crippen molar-refractivity contribution in [3.8, 4) is 23.0 Å². The standard InChI is InChI=1S/C33H31F2N3O7.Li.H/c1-2-43-28-18-23-25(19-29(28)44-16-4-3-5-30(39)40)36-15-12-26(23)45-27-11-10-22(17-24(27)35)38-32(42)33(13-14-33)31(41)37-21-8-6-20(34)7-9-21;;/h6-12,15,17-19H,2-5,13-14,16H2,1H3,(H,37,41)(H,38,42)(H,39,40);;. The molecule has 0 unspecified atom stereocenters. The molecule has 13 heteroatoms. The number of carbonyl (C=O) groups excluding carboxylic acids is 2. The quantitative estimate of drug-likeness (QED) is 0.0874. The van der Waals surface area contributed by atoms with E-state index in [9.17, 15) is 18.8 Å². The fourth-order valence-corrected chi connectivity index (χ4v) is 4.66. The molecule has 0 bridgehead atoms. The molecule has 0 spiro atoms. The maximum atomic E-state index is 15.2. The first kappa shape index (κ1) is 34.2. The van der Waals surface area contributed by atoms with Crippen LogP contribution in [0.3, 0.4) is 0 Å². The summed E-state index contributed by atoms with van der Waals surface area (Å²) in [5.41, 5.74) is -0.278. The Hall–Kier alpha value is -4.66. The van der Waals surface area contributed by atoms with Crippen LogP contribution in [-0.2, 0) is 14.4 Å². The zero-order valence-corrected chi connectivity index (χ0v) is 24.4. The van der Waals surface area contributed by atoms with Gasteiger partial charge in [-0.2, -0.15) is 0 Å². The van der Waals surface area contributed by atoms with Gasteiger partial charge < -0.3 is 30.0 Å². The predicted octanol–water partition coefficient (Wildman–Crippen LogP) is 6.05. The number of pyridine rings is 1. The Balaban J connectivity index is 0.00000480. The number of anilines is 2. The summed E-state index contributed by atoms with van der Waals surface area (Å²) < 4.78 is 45.9. The van der Waals surface area contributed by atoms with Gasteiger partial charge in [0.1, 0.15) is 17.0 Å². The summed E-state index contributed by atoms with van der Waals surface area (Å²) in [7, 11) is 0. The number of carboxylic acid groups (broad SMARTS) is 1. The van der Waals surface area contributed by atoms with Crippen LogP contribution >= 0.6 is 0 Å². The molecule has 0 aliphatic heterocycles. The molecule has 0 atom stereocenters. The minimum absolute atomic E-state index is 0. The third-order valence-corrected chi connectivity index (χ3v) is 7.24. The van der Waals surface area contributed by atoms with Crippen LogP contribution in [0.1, 0.15) is 39.0 Å². The Morgan fingerprint density at radius 1 is 0.848 bits per heavy atom. The van der Waals surface area contributed by atoms with Crippen molar-refractivity contribution in [3.63, 3.8) is 0 Å². The number of halogens is 2. The van der Waals surface area contributed by atoms with Crippen LogP contribution < -0.4 is 24.8 Å². The van der Waals surface area contributed by atoms with Gasteiger partial charge in [-0.3, -0.25) is 19.4 Å². The van der Waals surface area contributed by atoms with Crippen molar-refractivity contribution in [1.82, 2.24) is 4.98 Å². The third kappa shape index (κ3) is 8.13. The number of carbonyl (C=O) groups is 3. The summed E-state index contributed by atoms with van der Waals surface area (Å²) in [6.07, 6.45) is 3.24. The van der Waals surface area contributed by atoms with Crippen LogP contribution in [0.2, 0.25) is 0 Å². The molecule has 0 saturated heterocycles. The summed E-state index contributed by atoms with van der Waals surface area (Å²) in [4.78, 5) is 41.0. The molecule has 4 aromatic rings. The fraction of sp³-hybridized carbons (Fsp3) is 0.273. The second-order valence-corrected chi connectivity index (χ2v) is 10.5. The summed E-state index contributed by atoms with van der Waals surface area (Å²) in [5, 5.41) is 14.6. The van der Waals surface area contributed by atoms with Crippen LogP contribution in [-0.4, -0.2) is 59.9 Å². The molecule has 1 saturated carbocycles. The molecule has 3 N–H and O–H groups in total. The molecule has 1 fully saturated rings. The van der Waals surface area contributed by atoms with Gasteiger partial charge in [-0.05, 0) is 81.1 Å². The van der Waals surface area contributed by atoms with Crippen LogP contribution in [0, 0.1) is 17.0 Å². The number of rotatable bonds is 14. The minimum atomic E-state index is -1.30. The SMILES string of the molecule is CCOc1cc2c(Oc3ccc(NC(=O)C4(C(=O)Nc5ccc(F)cc5)CC4)cc3F)ccnc2cc1OCCCCC(=O)O.[LiH]. The second kappa shape index (κ2) is 15.1. The molecule has 1 aromatic heterocycles. The van der Waals surface area contributed by atoms with Gasteiger partial charge in [0.25, 0.3) is 0 Å². The molecule has 10 nitrogen and oxygen atoms in total. The number of hydrogen-bond acceptors (Lipinski definition) is 7. The van der Waals surface area contributed by atoms with E-state index in [4.69, 9.17) is 19.3 Å². The van der Waals surface area contributed by atoms with E-state index < -0.39 is 34.8 Å². The van der Waals surface area contributed by atoms with E-state index in [1.807, 2.05) is 6.92 Å². The van der Waals surface area contributed by atoms with Gasteiger partial charge >= 0.3 is 24.8 Å². The molecule has 1 heterocycles. The van der Waals surface area contributed by atoms with Gasteiger partial charge in [-0.25, -0.2) is 8.78 Å². The first-order valence-corrected chi connectivity index (χ1v) is 14.4. The molecule has 1 aliphatic carbocycles. The number of hydrogen-bond donors (Lipinski definition) is 3. The van der Waals surface area contributed by atoms with Crippen molar-refractivity contribution in [1.29, 1.82) is 0 Å². The number of nitrogens with one attached hydrogen (secondary N) is 2. The molecular formula is C33H32F2LiN3O7. The van der Waals surface area contributed by atoms with E-state index in [-0.39, 0.29) is 36.7 Å². The average Bonchev–Trinajstić information content (AvgIpc) is 3.82. The fourth-order valence-electron chi connectivity index (χ4n) is 4.66. The number of ether oxygens (including phenoxy) is 3. The number of fused-ring (bicyclic) bond motifs is 1. The van der Waals surface area contributed by atoms with E-state index in [1.165, 1.54) is 42.6 Å². The molecular weight excluding hydrogens is 595 g/mol. The Bertz CT molecular complexity index is 1730. The molecule has 46 heavy (non-hydrogen) atoms. The molecule has 2 amide bonds. The number of aliphatic carboxylic acids is 1. The second-order valence-electron chi connectivity index (χ2n) is 10.5. The van der Waals surface area contributed by atoms with Crippen LogP contribution in [0.15, 0.2) is 66.9 Å². The topological polar surface area (TPSA) is 136 Å². The Kier molecular flexibility index (Phi) is 11.2. The van der Waals surface area contributed by atoms with Gasteiger partial charge in [0, 0.05) is 41.5 Å². The van der Waals surface area contributed by atoms with E-state index in [0.717, 1.165) is 6.07 Å². The summed E-state index contributed by atoms with van der Waals surface area (Å²) >= 11 is 0. The monoisotopic (exact) mass is 627 g/mol. The summed E-state index contributed by atoms with van der Waals surface area (Å²) in [5.74, 6) is -2.08. The van der Waals surface area contributed by atoms with Crippen LogP contribution in [0.4, 0.5) is 20.2 Å². The van der Waals surface area contributed by atoms with Gasteiger partial charge in [-0.1, -0.05) is 0 Å². The van der Waals surface area contributed by atoms with E-state index >= 15 is 4.39 Å². The number of aromatic nitrogens is 1. The third-order valence-electron chi connectivity index (χ3n) is 7.24. The number of unbranched alkanes of at least 4 members (excludes halogenated alkanes) is 1. The summed E-state index contributed by atoms with van der Waals surface area (Å²) in [6, 6.07) is 14.1. The van der Waals surface area contributed by atoms with E-state index in [1.54, 1.807) is 18.2 Å². The predicted molar refractivity (Wildman–Crippen MR) is 169 cm³/mol. The first-order valence-electron chi connectivity index (χ1n) is 14.4. The van der Waals surface area contributed by atoms with Crippen molar-refractivity contribution >= 4 is 58.9 Å². The van der Waals surface area contributed by atoms with Crippen LogP contribution in [0.5, 0.6) is 23.0 Å². The van der Waals surface area contributed by atoms with E-state index in [2.05, 4.69) is 15.6 Å². The van der Waals surface area contributed by atoms with Crippen molar-refractivity contribution in [2.75, 3.05) is 23.8 Å². The van der Waals surface area contributed by atoms with Gasteiger partial charge in [0.2, 0.25) is 11.8 Å². The van der Waals surface area contributed by atoms with Crippen molar-refractivity contribution in [3.05, 3.63) is 78.5 Å². The average molecular weight is 628 g/mol. The Morgan fingerprint density at radius 3 is 2.17 bits per heavy atom. The van der Waals surface area contributed by atoms with Gasteiger partial charge in [-0.15, -0.1) is 0 Å². The first-order chi connectivity index (χ1) is 21.7. The Morgan fingerprint density at radius 2 is 1.52 bits per heavy atom. The number of benzene rings is 3. The number of carboxylic acids is 1. The molecule has 5 rings (SSSR count). The zero-order chi connectivity index (χ0) is 32.0.